The Bertz CT molecular complexity index is 1040. The van der Waals surface area contributed by atoms with Crippen LogP contribution in [0.15, 0.2) is 52.5 Å². The van der Waals surface area contributed by atoms with E-state index in [0.29, 0.717) is 11.1 Å². The highest BCUT2D eigenvalue weighted by molar-refractivity contribution is 7.89. The number of benzene rings is 2. The van der Waals surface area contributed by atoms with Crippen molar-refractivity contribution in [2.75, 3.05) is 5.01 Å². The number of hydrazone groups is 1. The first-order valence-electron chi connectivity index (χ1n) is 7.40. The fraction of sp³-hybridized carbons (Fsp3) is 0.188. The molecule has 2 N–H and O–H groups in total. The molecule has 1 heterocycles. The Morgan fingerprint density at radius 2 is 1.70 bits per heavy atom. The first kappa shape index (κ1) is 19.6. The zero-order valence-electron chi connectivity index (χ0n) is 13.6. The Morgan fingerprint density at radius 1 is 1.11 bits per heavy atom. The van der Waals surface area contributed by atoms with Crippen LogP contribution in [0.5, 0.6) is 0 Å². The summed E-state index contributed by atoms with van der Waals surface area (Å²) in [4.78, 5) is -0.290. The summed E-state index contributed by atoms with van der Waals surface area (Å²) in [5.41, 5.74) is -1.70. The molecule has 2 aromatic rings. The maximum atomic E-state index is 15.9. The van der Waals surface area contributed by atoms with Gasteiger partial charge in [0.05, 0.1) is 15.6 Å². The Balaban J connectivity index is 2.18. The minimum Gasteiger partial charge on any atom is -0.225 e. The molecule has 0 spiro atoms. The second-order valence-corrected chi connectivity index (χ2v) is 7.83. The third-order valence-electron chi connectivity index (χ3n) is 4.11. The maximum Gasteiger partial charge on any atom is 0.345 e. The van der Waals surface area contributed by atoms with Gasteiger partial charge in [-0.25, -0.2) is 27.3 Å². The number of sulfonamides is 1. The van der Waals surface area contributed by atoms with Crippen LogP contribution in [-0.4, -0.2) is 20.1 Å². The monoisotopic (exact) mass is 421 g/mol. The van der Waals surface area contributed by atoms with Crippen molar-refractivity contribution in [3.05, 3.63) is 58.9 Å². The maximum absolute atomic E-state index is 15.9. The molecular weight excluding hydrogens is 410 g/mol. The molecule has 27 heavy (non-hydrogen) atoms. The summed E-state index contributed by atoms with van der Waals surface area (Å²) >= 11 is 5.83. The topological polar surface area (TPSA) is 75.8 Å². The number of anilines is 1. The van der Waals surface area contributed by atoms with E-state index in [1.807, 2.05) is 0 Å². The average molecular weight is 422 g/mol. The number of rotatable bonds is 3. The minimum atomic E-state index is -4.09. The van der Waals surface area contributed by atoms with Gasteiger partial charge < -0.3 is 0 Å². The van der Waals surface area contributed by atoms with Gasteiger partial charge in [-0.1, -0.05) is 11.6 Å². The Morgan fingerprint density at radius 3 is 2.22 bits per heavy atom. The standard InChI is InChI=1S/C16H12ClF4N3O2S/c1-9-15(19,20)16(21,13-7-2-10(18)8-14(13)17)24(23-9)11-3-5-12(6-4-11)27(22,25)26/h2-8H,1H3,(H2,22,25,26). The van der Waals surface area contributed by atoms with Crippen LogP contribution in [0.25, 0.3) is 0 Å². The first-order chi connectivity index (χ1) is 12.4. The highest BCUT2D eigenvalue weighted by Gasteiger charge is 2.67. The molecule has 0 aliphatic carbocycles. The van der Waals surface area contributed by atoms with E-state index < -0.39 is 43.9 Å². The van der Waals surface area contributed by atoms with Gasteiger partial charge in [0.2, 0.25) is 10.0 Å². The number of halogens is 5. The lowest BCUT2D eigenvalue weighted by Crippen LogP contribution is -2.50. The third-order valence-corrected chi connectivity index (χ3v) is 5.35. The van der Waals surface area contributed by atoms with Gasteiger partial charge in [-0.2, -0.15) is 13.9 Å². The summed E-state index contributed by atoms with van der Waals surface area (Å²) in [5.74, 6) is -8.46. The molecule has 1 aliphatic heterocycles. The number of nitrogens with two attached hydrogens (primary N) is 1. The van der Waals surface area contributed by atoms with Crippen molar-refractivity contribution in [3.63, 3.8) is 0 Å². The molecule has 5 nitrogen and oxygen atoms in total. The van der Waals surface area contributed by atoms with Gasteiger partial charge in [-0.05, 0) is 49.4 Å². The molecule has 0 saturated heterocycles. The van der Waals surface area contributed by atoms with E-state index in [-0.39, 0.29) is 10.6 Å². The second-order valence-electron chi connectivity index (χ2n) is 5.86. The van der Waals surface area contributed by atoms with Gasteiger partial charge in [-0.15, -0.1) is 0 Å². The fourth-order valence-electron chi connectivity index (χ4n) is 2.71. The Kier molecular flexibility index (Phi) is 4.48. The number of hydrogen-bond acceptors (Lipinski definition) is 4. The molecule has 3 rings (SSSR count). The summed E-state index contributed by atoms with van der Waals surface area (Å²) in [6, 6.07) is 6.52. The average Bonchev–Trinajstić information content (AvgIpc) is 2.75. The van der Waals surface area contributed by atoms with Crippen LogP contribution in [0.3, 0.4) is 0 Å². The van der Waals surface area contributed by atoms with Crippen LogP contribution >= 0.6 is 11.6 Å². The highest BCUT2D eigenvalue weighted by atomic mass is 35.5. The second kappa shape index (κ2) is 6.18. The van der Waals surface area contributed by atoms with Crippen LogP contribution in [0.2, 0.25) is 5.02 Å². The number of alkyl halides is 3. The van der Waals surface area contributed by atoms with Crippen LogP contribution in [0.1, 0.15) is 12.5 Å². The lowest BCUT2D eigenvalue weighted by Gasteiger charge is -2.35. The lowest BCUT2D eigenvalue weighted by atomic mass is 9.95. The van der Waals surface area contributed by atoms with Gasteiger partial charge in [-0.3, -0.25) is 0 Å². The van der Waals surface area contributed by atoms with E-state index >= 15 is 4.39 Å². The van der Waals surface area contributed by atoms with Gasteiger partial charge >= 0.3 is 5.92 Å². The molecule has 0 aromatic heterocycles. The van der Waals surface area contributed by atoms with Gasteiger partial charge in [0.25, 0.3) is 5.79 Å². The summed E-state index contributed by atoms with van der Waals surface area (Å²) < 4.78 is 81.3. The van der Waals surface area contributed by atoms with Gasteiger partial charge in [0.15, 0.2) is 0 Å². The molecule has 0 bridgehead atoms. The van der Waals surface area contributed by atoms with E-state index in [1.54, 1.807) is 0 Å². The summed E-state index contributed by atoms with van der Waals surface area (Å²) in [7, 11) is -4.03. The number of primary sulfonamides is 1. The quantitative estimate of drug-likeness (QED) is 0.605. The molecule has 144 valence electrons. The van der Waals surface area contributed by atoms with Crippen molar-refractivity contribution in [3.8, 4) is 0 Å². The molecular formula is C16H12ClF4N3O2S. The van der Waals surface area contributed by atoms with Gasteiger partial charge in [0.1, 0.15) is 11.5 Å². The van der Waals surface area contributed by atoms with E-state index in [9.17, 15) is 21.6 Å². The minimum absolute atomic E-state index is 0.179. The van der Waals surface area contributed by atoms with Crippen molar-refractivity contribution < 1.29 is 26.0 Å². The molecule has 0 radical (unpaired) electrons. The van der Waals surface area contributed by atoms with Crippen molar-refractivity contribution >= 4 is 33.0 Å². The fourth-order valence-corrected chi connectivity index (χ4v) is 3.52. The molecule has 0 fully saturated rings. The summed E-state index contributed by atoms with van der Waals surface area (Å²) in [5, 5.41) is 8.41. The zero-order chi connectivity index (χ0) is 20.2. The first-order valence-corrected chi connectivity index (χ1v) is 9.32. The van der Waals surface area contributed by atoms with E-state index in [1.165, 1.54) is 0 Å². The van der Waals surface area contributed by atoms with Crippen molar-refractivity contribution in [2.45, 2.75) is 23.5 Å². The zero-order valence-corrected chi connectivity index (χ0v) is 15.2. The largest absolute Gasteiger partial charge is 0.345 e. The summed E-state index contributed by atoms with van der Waals surface area (Å²) in [6.45, 7) is 0.935. The number of nitrogens with zero attached hydrogens (tertiary/aromatic N) is 2. The van der Waals surface area contributed by atoms with Crippen LogP contribution in [0, 0.1) is 5.82 Å². The van der Waals surface area contributed by atoms with Crippen molar-refractivity contribution in [2.24, 2.45) is 10.2 Å². The molecule has 1 unspecified atom stereocenters. The van der Waals surface area contributed by atoms with Crippen molar-refractivity contribution in [1.29, 1.82) is 0 Å². The molecule has 0 saturated carbocycles. The Hall–Kier alpha value is -2.17. The molecule has 1 atom stereocenters. The van der Waals surface area contributed by atoms with E-state index in [0.717, 1.165) is 43.3 Å². The molecule has 0 amide bonds. The third kappa shape index (κ3) is 2.97. The Labute approximate surface area is 157 Å². The van der Waals surface area contributed by atoms with Gasteiger partial charge in [0, 0.05) is 5.56 Å². The highest BCUT2D eigenvalue weighted by Crippen LogP contribution is 2.52. The summed E-state index contributed by atoms with van der Waals surface area (Å²) in [6.07, 6.45) is 0. The number of hydrogen-bond donors (Lipinski definition) is 1. The molecule has 11 heteroatoms. The van der Waals surface area contributed by atoms with Crippen molar-refractivity contribution in [1.82, 2.24) is 0 Å². The predicted octanol–water partition coefficient (Wildman–Crippen LogP) is 3.78. The van der Waals surface area contributed by atoms with Crippen LogP contribution in [-0.2, 0) is 15.8 Å². The smallest absolute Gasteiger partial charge is 0.225 e. The predicted molar refractivity (Wildman–Crippen MR) is 92.5 cm³/mol. The lowest BCUT2D eigenvalue weighted by molar-refractivity contribution is -0.0783. The molecule has 1 aliphatic rings. The molecule has 2 aromatic carbocycles. The van der Waals surface area contributed by atoms with Crippen LogP contribution in [0.4, 0.5) is 23.2 Å². The van der Waals surface area contributed by atoms with E-state index in [2.05, 4.69) is 5.10 Å². The SMILES string of the molecule is CC1=NN(c2ccc(S(N)(=O)=O)cc2)C(F)(c2ccc(F)cc2Cl)C1(F)F. The normalized spacial score (nSPS) is 22.0. The van der Waals surface area contributed by atoms with Crippen LogP contribution < -0.4 is 10.1 Å². The van der Waals surface area contributed by atoms with E-state index in [4.69, 9.17) is 16.7 Å².